The zero-order valence-electron chi connectivity index (χ0n) is 10.9. The van der Waals surface area contributed by atoms with Crippen LogP contribution in [0.1, 0.15) is 18.4 Å². The Morgan fingerprint density at radius 3 is 2.75 bits per heavy atom. The second-order valence-corrected chi connectivity index (χ2v) is 6.34. The highest BCUT2D eigenvalue weighted by Crippen LogP contribution is 2.28. The molecule has 1 aromatic carbocycles. The number of hydrogen-bond donors (Lipinski definition) is 2. The number of halogens is 1. The fraction of sp³-hybridized carbons (Fsp3) is 0.429. The fourth-order valence-corrected chi connectivity index (χ4v) is 3.72. The summed E-state index contributed by atoms with van der Waals surface area (Å²) in [6, 6.07) is 7.35. The molecule has 6 heteroatoms. The van der Waals surface area contributed by atoms with Crippen molar-refractivity contribution >= 4 is 35.2 Å². The van der Waals surface area contributed by atoms with Gasteiger partial charge in [-0.3, -0.25) is 4.79 Å². The Kier molecular flexibility index (Phi) is 4.94. The van der Waals surface area contributed by atoms with Crippen LogP contribution in [0.4, 0.5) is 0 Å². The van der Waals surface area contributed by atoms with E-state index in [1.165, 1.54) is 0 Å². The van der Waals surface area contributed by atoms with Gasteiger partial charge in [0.2, 0.25) is 5.91 Å². The molecular weight excluding hydrogens is 298 g/mol. The standard InChI is InChI=1S/C14H16ClNO3S/c15-11-4-2-1-3-10(11)5-6-12(17)16-14(13(18)19)7-8-20-9-14/h1-4H,5-9H2,(H,16,17)(H,18,19)/t14-/m0/s1. The molecule has 0 spiro atoms. The van der Waals surface area contributed by atoms with Crippen molar-refractivity contribution in [3.63, 3.8) is 0 Å². The van der Waals surface area contributed by atoms with Gasteiger partial charge in [0.25, 0.3) is 0 Å². The van der Waals surface area contributed by atoms with E-state index in [2.05, 4.69) is 5.32 Å². The minimum atomic E-state index is -1.10. The van der Waals surface area contributed by atoms with E-state index in [4.69, 9.17) is 11.6 Å². The minimum Gasteiger partial charge on any atom is -0.479 e. The van der Waals surface area contributed by atoms with E-state index in [9.17, 15) is 14.7 Å². The second kappa shape index (κ2) is 6.50. The smallest absolute Gasteiger partial charge is 0.330 e. The SMILES string of the molecule is O=C(CCc1ccccc1Cl)N[C@@]1(C(=O)O)CCSC1. The number of rotatable bonds is 5. The molecule has 1 fully saturated rings. The first-order valence-electron chi connectivity index (χ1n) is 6.39. The number of aliphatic carboxylic acids is 1. The number of hydrogen-bond acceptors (Lipinski definition) is 3. The van der Waals surface area contributed by atoms with E-state index in [-0.39, 0.29) is 12.3 Å². The van der Waals surface area contributed by atoms with Crippen LogP contribution in [0.15, 0.2) is 24.3 Å². The number of carboxylic acids is 1. The molecule has 1 aliphatic rings. The lowest BCUT2D eigenvalue weighted by Gasteiger charge is -2.24. The van der Waals surface area contributed by atoms with Gasteiger partial charge in [-0.1, -0.05) is 29.8 Å². The average molecular weight is 314 g/mol. The molecule has 1 heterocycles. The first kappa shape index (κ1) is 15.2. The summed E-state index contributed by atoms with van der Waals surface area (Å²) in [5, 5.41) is 12.6. The van der Waals surface area contributed by atoms with Gasteiger partial charge in [-0.25, -0.2) is 4.79 Å². The zero-order valence-corrected chi connectivity index (χ0v) is 12.5. The molecule has 0 unspecified atom stereocenters. The second-order valence-electron chi connectivity index (χ2n) is 4.83. The van der Waals surface area contributed by atoms with E-state index >= 15 is 0 Å². The van der Waals surface area contributed by atoms with Crippen LogP contribution < -0.4 is 5.32 Å². The number of carbonyl (C=O) groups is 2. The van der Waals surface area contributed by atoms with Crippen LogP contribution in [0, 0.1) is 0 Å². The molecule has 2 rings (SSSR count). The lowest BCUT2D eigenvalue weighted by atomic mass is 9.98. The van der Waals surface area contributed by atoms with Gasteiger partial charge in [-0.2, -0.15) is 11.8 Å². The van der Waals surface area contributed by atoms with Crippen molar-refractivity contribution < 1.29 is 14.7 Å². The van der Waals surface area contributed by atoms with Gasteiger partial charge >= 0.3 is 5.97 Å². The number of amides is 1. The molecule has 0 aliphatic carbocycles. The van der Waals surface area contributed by atoms with Crippen molar-refractivity contribution in [2.45, 2.75) is 24.8 Å². The minimum absolute atomic E-state index is 0.240. The number of aryl methyl sites for hydroxylation is 1. The lowest BCUT2D eigenvalue weighted by molar-refractivity contribution is -0.146. The Hall–Kier alpha value is -1.20. The Morgan fingerprint density at radius 1 is 1.40 bits per heavy atom. The Balaban J connectivity index is 1.92. The third kappa shape index (κ3) is 3.46. The maximum absolute atomic E-state index is 12.0. The van der Waals surface area contributed by atoms with Crippen LogP contribution in [0.3, 0.4) is 0 Å². The van der Waals surface area contributed by atoms with Crippen molar-refractivity contribution in [2.75, 3.05) is 11.5 Å². The molecule has 4 nitrogen and oxygen atoms in total. The van der Waals surface area contributed by atoms with Crippen molar-refractivity contribution in [2.24, 2.45) is 0 Å². The van der Waals surface area contributed by atoms with Gasteiger partial charge in [0.15, 0.2) is 0 Å². The van der Waals surface area contributed by atoms with Gasteiger partial charge in [0.1, 0.15) is 5.54 Å². The molecule has 0 radical (unpaired) electrons. The maximum atomic E-state index is 12.0. The summed E-state index contributed by atoms with van der Waals surface area (Å²) in [4.78, 5) is 23.3. The summed E-state index contributed by atoms with van der Waals surface area (Å²) >= 11 is 7.58. The number of benzene rings is 1. The lowest BCUT2D eigenvalue weighted by Crippen LogP contribution is -2.54. The quantitative estimate of drug-likeness (QED) is 0.875. The molecule has 20 heavy (non-hydrogen) atoms. The molecule has 0 bridgehead atoms. The molecule has 1 atom stereocenters. The third-order valence-electron chi connectivity index (χ3n) is 3.39. The highest BCUT2D eigenvalue weighted by Gasteiger charge is 2.43. The van der Waals surface area contributed by atoms with Crippen LogP contribution in [0.5, 0.6) is 0 Å². The third-order valence-corrected chi connectivity index (χ3v) is 4.95. The predicted molar refractivity (Wildman–Crippen MR) is 80.2 cm³/mol. The molecule has 1 saturated heterocycles. The number of thioether (sulfide) groups is 1. The highest BCUT2D eigenvalue weighted by molar-refractivity contribution is 7.99. The number of carbonyl (C=O) groups excluding carboxylic acids is 1. The summed E-state index contributed by atoms with van der Waals surface area (Å²) < 4.78 is 0. The highest BCUT2D eigenvalue weighted by atomic mass is 35.5. The summed E-state index contributed by atoms with van der Waals surface area (Å²) in [5.41, 5.74) is -0.197. The van der Waals surface area contributed by atoms with E-state index < -0.39 is 11.5 Å². The monoisotopic (exact) mass is 313 g/mol. The van der Waals surface area contributed by atoms with Gasteiger partial charge in [0, 0.05) is 17.2 Å². The zero-order chi connectivity index (χ0) is 14.6. The summed E-state index contributed by atoms with van der Waals surface area (Å²) in [5.74, 6) is 0.000442. The molecule has 0 saturated carbocycles. The van der Waals surface area contributed by atoms with E-state index in [0.29, 0.717) is 23.6 Å². The average Bonchev–Trinajstić information content (AvgIpc) is 2.88. The van der Waals surface area contributed by atoms with Crippen molar-refractivity contribution in [3.05, 3.63) is 34.9 Å². The van der Waals surface area contributed by atoms with Crippen LogP contribution in [-0.4, -0.2) is 34.0 Å². The summed E-state index contributed by atoms with van der Waals surface area (Å²) in [6.07, 6.45) is 1.22. The maximum Gasteiger partial charge on any atom is 0.330 e. The first-order valence-corrected chi connectivity index (χ1v) is 7.92. The van der Waals surface area contributed by atoms with Gasteiger partial charge in [0.05, 0.1) is 0 Å². The van der Waals surface area contributed by atoms with Crippen molar-refractivity contribution in [3.8, 4) is 0 Å². The van der Waals surface area contributed by atoms with E-state index in [0.717, 1.165) is 11.3 Å². The van der Waals surface area contributed by atoms with E-state index in [1.807, 2.05) is 18.2 Å². The Bertz CT molecular complexity index is 515. The molecule has 1 aliphatic heterocycles. The molecule has 0 aromatic heterocycles. The molecule has 2 N–H and O–H groups in total. The number of nitrogens with one attached hydrogen (secondary N) is 1. The Labute approximate surface area is 126 Å². The Morgan fingerprint density at radius 2 is 2.15 bits per heavy atom. The normalized spacial score (nSPS) is 21.6. The van der Waals surface area contributed by atoms with Crippen molar-refractivity contribution in [1.82, 2.24) is 5.32 Å². The molecule has 108 valence electrons. The predicted octanol–water partition coefficient (Wildman–Crippen LogP) is 2.35. The summed E-state index contributed by atoms with van der Waals surface area (Å²) in [7, 11) is 0. The topological polar surface area (TPSA) is 66.4 Å². The van der Waals surface area contributed by atoms with Crippen LogP contribution in [0.2, 0.25) is 5.02 Å². The van der Waals surface area contributed by atoms with Gasteiger partial charge in [-0.15, -0.1) is 0 Å². The van der Waals surface area contributed by atoms with Gasteiger partial charge < -0.3 is 10.4 Å². The van der Waals surface area contributed by atoms with Crippen molar-refractivity contribution in [1.29, 1.82) is 0 Å². The van der Waals surface area contributed by atoms with Crippen LogP contribution in [0.25, 0.3) is 0 Å². The van der Waals surface area contributed by atoms with Crippen LogP contribution >= 0.6 is 23.4 Å². The largest absolute Gasteiger partial charge is 0.479 e. The molecular formula is C14H16ClNO3S. The summed E-state index contributed by atoms with van der Waals surface area (Å²) in [6.45, 7) is 0. The molecule has 1 amide bonds. The van der Waals surface area contributed by atoms with Crippen LogP contribution in [-0.2, 0) is 16.0 Å². The number of carboxylic acid groups (broad SMARTS) is 1. The van der Waals surface area contributed by atoms with Gasteiger partial charge in [-0.05, 0) is 30.2 Å². The molecule has 1 aromatic rings. The first-order chi connectivity index (χ1) is 9.53. The fourth-order valence-electron chi connectivity index (χ4n) is 2.16. The van der Waals surface area contributed by atoms with E-state index in [1.54, 1.807) is 17.8 Å².